The number of rotatable bonds is 2. The number of aryl methyl sites for hydroxylation is 1. The van der Waals surface area contributed by atoms with E-state index in [1.807, 2.05) is 19.1 Å². The van der Waals surface area contributed by atoms with Gasteiger partial charge in [0, 0.05) is 30.3 Å². The minimum absolute atomic E-state index is 0.804. The maximum absolute atomic E-state index is 6.21. The molecule has 0 atom stereocenters. The van der Waals surface area contributed by atoms with Crippen LogP contribution in [0.15, 0.2) is 12.1 Å². The molecule has 1 aliphatic heterocycles. The molecule has 0 amide bonds. The average molecular weight is 241 g/mol. The standard InChI is InChI=1S/C12H17ClN2O/c1-9-6-11(13)10(7-12(9)14)8-15-2-4-16-5-3-15/h6-7H,2-5,8,14H2,1H3. The van der Waals surface area contributed by atoms with E-state index in [1.165, 1.54) is 0 Å². The SMILES string of the molecule is Cc1cc(Cl)c(CN2CCOCC2)cc1N. The molecule has 1 fully saturated rings. The predicted octanol–water partition coefficient (Wildman–Crippen LogP) is 2.06. The van der Waals surface area contributed by atoms with E-state index in [0.717, 1.165) is 54.7 Å². The molecule has 0 saturated carbocycles. The molecule has 0 aromatic heterocycles. The van der Waals surface area contributed by atoms with Crippen molar-refractivity contribution in [3.63, 3.8) is 0 Å². The van der Waals surface area contributed by atoms with E-state index < -0.39 is 0 Å². The van der Waals surface area contributed by atoms with Crippen LogP contribution in [0.2, 0.25) is 5.02 Å². The van der Waals surface area contributed by atoms with Crippen molar-refractivity contribution < 1.29 is 4.74 Å². The van der Waals surface area contributed by atoms with Gasteiger partial charge in [-0.25, -0.2) is 0 Å². The van der Waals surface area contributed by atoms with Gasteiger partial charge in [-0.1, -0.05) is 11.6 Å². The Morgan fingerprint density at radius 3 is 2.75 bits per heavy atom. The molecule has 1 heterocycles. The summed E-state index contributed by atoms with van der Waals surface area (Å²) in [7, 11) is 0. The molecule has 1 aromatic carbocycles. The highest BCUT2D eigenvalue weighted by atomic mass is 35.5. The van der Waals surface area contributed by atoms with Crippen LogP contribution in [-0.4, -0.2) is 31.2 Å². The van der Waals surface area contributed by atoms with Crippen molar-refractivity contribution in [1.29, 1.82) is 0 Å². The van der Waals surface area contributed by atoms with Gasteiger partial charge in [0.05, 0.1) is 13.2 Å². The van der Waals surface area contributed by atoms with E-state index in [-0.39, 0.29) is 0 Å². The number of hydrogen-bond acceptors (Lipinski definition) is 3. The highest BCUT2D eigenvalue weighted by Crippen LogP contribution is 2.24. The molecular weight excluding hydrogens is 224 g/mol. The lowest BCUT2D eigenvalue weighted by atomic mass is 10.1. The number of nitrogen functional groups attached to an aromatic ring is 1. The number of anilines is 1. The molecule has 3 nitrogen and oxygen atoms in total. The second-order valence-corrected chi connectivity index (χ2v) is 4.60. The fraction of sp³-hybridized carbons (Fsp3) is 0.500. The molecule has 2 N–H and O–H groups in total. The van der Waals surface area contributed by atoms with Gasteiger partial charge in [0.25, 0.3) is 0 Å². The van der Waals surface area contributed by atoms with Crippen molar-refractivity contribution >= 4 is 17.3 Å². The van der Waals surface area contributed by atoms with Gasteiger partial charge in [-0.15, -0.1) is 0 Å². The summed E-state index contributed by atoms with van der Waals surface area (Å²) < 4.78 is 5.31. The first-order valence-corrected chi connectivity index (χ1v) is 5.89. The lowest BCUT2D eigenvalue weighted by Crippen LogP contribution is -2.35. The van der Waals surface area contributed by atoms with E-state index >= 15 is 0 Å². The summed E-state index contributed by atoms with van der Waals surface area (Å²) in [5, 5.41) is 0.804. The topological polar surface area (TPSA) is 38.5 Å². The Hall–Kier alpha value is -0.770. The molecule has 0 unspecified atom stereocenters. The summed E-state index contributed by atoms with van der Waals surface area (Å²) in [6.07, 6.45) is 0. The van der Waals surface area contributed by atoms with Crippen molar-refractivity contribution in [2.75, 3.05) is 32.0 Å². The van der Waals surface area contributed by atoms with Gasteiger partial charge in [0.1, 0.15) is 0 Å². The summed E-state index contributed by atoms with van der Waals surface area (Å²) in [6.45, 7) is 6.36. The van der Waals surface area contributed by atoms with Gasteiger partial charge >= 0.3 is 0 Å². The third-order valence-corrected chi connectivity index (χ3v) is 3.28. The van der Waals surface area contributed by atoms with Gasteiger partial charge in [-0.2, -0.15) is 0 Å². The molecule has 1 aromatic rings. The molecule has 0 radical (unpaired) electrons. The van der Waals surface area contributed by atoms with Gasteiger partial charge in [-0.3, -0.25) is 4.90 Å². The van der Waals surface area contributed by atoms with Crippen LogP contribution in [0.1, 0.15) is 11.1 Å². The molecular formula is C12H17ClN2O. The number of morpholine rings is 1. The van der Waals surface area contributed by atoms with E-state index in [0.29, 0.717) is 0 Å². The Morgan fingerprint density at radius 1 is 1.38 bits per heavy atom. The minimum Gasteiger partial charge on any atom is -0.399 e. The second kappa shape index (κ2) is 5.04. The first kappa shape index (κ1) is 11.7. The molecule has 0 spiro atoms. The van der Waals surface area contributed by atoms with Crippen molar-refractivity contribution in [1.82, 2.24) is 4.90 Å². The number of hydrogen-bond donors (Lipinski definition) is 1. The summed E-state index contributed by atoms with van der Waals surface area (Å²) in [5.41, 5.74) is 8.85. The van der Waals surface area contributed by atoms with E-state index in [1.54, 1.807) is 0 Å². The van der Waals surface area contributed by atoms with Crippen molar-refractivity contribution in [3.8, 4) is 0 Å². The summed E-state index contributed by atoms with van der Waals surface area (Å²) in [5.74, 6) is 0. The van der Waals surface area contributed by atoms with E-state index in [9.17, 15) is 0 Å². The van der Waals surface area contributed by atoms with Gasteiger partial charge in [-0.05, 0) is 30.2 Å². The lowest BCUT2D eigenvalue weighted by Gasteiger charge is -2.27. The highest BCUT2D eigenvalue weighted by Gasteiger charge is 2.13. The van der Waals surface area contributed by atoms with Crippen LogP contribution in [0.25, 0.3) is 0 Å². The Morgan fingerprint density at radius 2 is 2.06 bits per heavy atom. The van der Waals surface area contributed by atoms with Crippen molar-refractivity contribution in [2.24, 2.45) is 0 Å². The quantitative estimate of drug-likeness (QED) is 0.805. The third kappa shape index (κ3) is 2.67. The van der Waals surface area contributed by atoms with Gasteiger partial charge in [0.15, 0.2) is 0 Å². The van der Waals surface area contributed by atoms with E-state index in [2.05, 4.69) is 4.90 Å². The van der Waals surface area contributed by atoms with Gasteiger partial charge < -0.3 is 10.5 Å². The van der Waals surface area contributed by atoms with Crippen LogP contribution < -0.4 is 5.73 Å². The number of benzene rings is 1. The zero-order valence-electron chi connectivity index (χ0n) is 9.50. The molecule has 4 heteroatoms. The Bertz CT molecular complexity index is 376. The Kier molecular flexibility index (Phi) is 3.69. The van der Waals surface area contributed by atoms with Crippen molar-refractivity contribution in [2.45, 2.75) is 13.5 Å². The molecule has 88 valence electrons. The largest absolute Gasteiger partial charge is 0.399 e. The van der Waals surface area contributed by atoms with Crippen LogP contribution in [0.4, 0.5) is 5.69 Å². The normalized spacial score (nSPS) is 17.6. The zero-order valence-corrected chi connectivity index (χ0v) is 10.3. The monoisotopic (exact) mass is 240 g/mol. The minimum atomic E-state index is 0.804. The van der Waals surface area contributed by atoms with Crippen molar-refractivity contribution in [3.05, 3.63) is 28.3 Å². The van der Waals surface area contributed by atoms with Crippen LogP contribution >= 0.6 is 11.6 Å². The third-order valence-electron chi connectivity index (χ3n) is 2.93. The zero-order chi connectivity index (χ0) is 11.5. The number of ether oxygens (including phenoxy) is 1. The maximum Gasteiger partial charge on any atom is 0.0594 e. The van der Waals surface area contributed by atoms with Crippen LogP contribution in [0, 0.1) is 6.92 Å². The van der Waals surface area contributed by atoms with Gasteiger partial charge in [0.2, 0.25) is 0 Å². The number of nitrogens with zero attached hydrogens (tertiary/aromatic N) is 1. The predicted molar refractivity (Wildman–Crippen MR) is 66.7 cm³/mol. The first-order valence-electron chi connectivity index (χ1n) is 5.51. The second-order valence-electron chi connectivity index (χ2n) is 4.19. The molecule has 2 rings (SSSR count). The van der Waals surface area contributed by atoms with Crippen LogP contribution in [0.3, 0.4) is 0 Å². The fourth-order valence-electron chi connectivity index (χ4n) is 1.86. The molecule has 16 heavy (non-hydrogen) atoms. The summed E-state index contributed by atoms with van der Waals surface area (Å²) in [4.78, 5) is 2.33. The molecule has 1 aliphatic rings. The van der Waals surface area contributed by atoms with E-state index in [4.69, 9.17) is 22.1 Å². The summed E-state index contributed by atoms with van der Waals surface area (Å²) >= 11 is 6.21. The highest BCUT2D eigenvalue weighted by molar-refractivity contribution is 6.31. The van der Waals surface area contributed by atoms with Crippen LogP contribution in [-0.2, 0) is 11.3 Å². The average Bonchev–Trinajstić information content (AvgIpc) is 2.27. The smallest absolute Gasteiger partial charge is 0.0594 e. The first-order chi connectivity index (χ1) is 7.66. The number of halogens is 1. The number of nitrogens with two attached hydrogens (primary N) is 1. The Balaban J connectivity index is 2.11. The maximum atomic E-state index is 6.21. The summed E-state index contributed by atoms with van der Waals surface area (Å²) in [6, 6.07) is 3.92. The molecule has 0 bridgehead atoms. The Labute approximate surface area is 101 Å². The molecule has 1 saturated heterocycles. The lowest BCUT2D eigenvalue weighted by molar-refractivity contribution is 0.0342. The fourth-order valence-corrected chi connectivity index (χ4v) is 2.14. The van der Waals surface area contributed by atoms with Crippen LogP contribution in [0.5, 0.6) is 0 Å². The molecule has 0 aliphatic carbocycles.